The molecule has 0 aliphatic carbocycles. The molecule has 1 fully saturated rings. The molecule has 2 heterocycles. The monoisotopic (exact) mass is 583 g/mol. The first kappa shape index (κ1) is 27.8. The van der Waals surface area contributed by atoms with Crippen LogP contribution in [0.5, 0.6) is 23.0 Å². The summed E-state index contributed by atoms with van der Waals surface area (Å²) in [4.78, 5) is 37.5. The number of carbonyl (C=O) groups is 2. The van der Waals surface area contributed by atoms with Gasteiger partial charge in [0, 0.05) is 6.08 Å². The second kappa shape index (κ2) is 12.2. The van der Waals surface area contributed by atoms with Crippen LogP contribution in [0.1, 0.15) is 11.3 Å². The van der Waals surface area contributed by atoms with Crippen molar-refractivity contribution in [2.45, 2.75) is 0 Å². The summed E-state index contributed by atoms with van der Waals surface area (Å²) < 4.78 is 21.8. The molecule has 2 amide bonds. The van der Waals surface area contributed by atoms with E-state index in [0.29, 0.717) is 34.2 Å². The highest BCUT2D eigenvalue weighted by atomic mass is 32.1. The molecule has 0 saturated carbocycles. The molecule has 0 unspecified atom stereocenters. The van der Waals surface area contributed by atoms with Crippen LogP contribution < -0.4 is 24.4 Å². The number of para-hydroxylation sites is 1. The van der Waals surface area contributed by atoms with Crippen molar-refractivity contribution in [1.29, 1.82) is 0 Å². The zero-order chi connectivity index (χ0) is 29.6. The zero-order valence-electron chi connectivity index (χ0n) is 21.9. The second-order valence-electron chi connectivity index (χ2n) is 8.63. The highest BCUT2D eigenvalue weighted by Gasteiger charge is 2.34. The van der Waals surface area contributed by atoms with Crippen LogP contribution in [0.4, 0.5) is 11.6 Å². The smallest absolute Gasteiger partial charge is 0.433 e. The van der Waals surface area contributed by atoms with Crippen molar-refractivity contribution in [1.82, 2.24) is 5.32 Å². The molecule has 0 spiro atoms. The number of furan rings is 1. The van der Waals surface area contributed by atoms with Gasteiger partial charge in [-0.1, -0.05) is 24.3 Å². The first-order valence-electron chi connectivity index (χ1n) is 12.3. The van der Waals surface area contributed by atoms with Gasteiger partial charge in [-0.3, -0.25) is 29.9 Å². The van der Waals surface area contributed by atoms with Gasteiger partial charge in [-0.15, -0.1) is 0 Å². The fourth-order valence-corrected chi connectivity index (χ4v) is 4.20. The average molecular weight is 584 g/mol. The number of methoxy groups -OCH3 is 1. The molecule has 0 bridgehead atoms. The summed E-state index contributed by atoms with van der Waals surface area (Å²) in [5.41, 5.74) is 0.803. The summed E-state index contributed by atoms with van der Waals surface area (Å²) in [6, 6.07) is 23.4. The van der Waals surface area contributed by atoms with E-state index in [1.165, 1.54) is 42.6 Å². The fourth-order valence-electron chi connectivity index (χ4n) is 3.92. The van der Waals surface area contributed by atoms with E-state index < -0.39 is 16.7 Å². The molecule has 12 heteroatoms. The molecule has 210 valence electrons. The molecule has 5 rings (SSSR count). The lowest BCUT2D eigenvalue weighted by atomic mass is 10.1. The third-order valence-corrected chi connectivity index (χ3v) is 6.18. The summed E-state index contributed by atoms with van der Waals surface area (Å²) in [6.07, 6.45) is 4.11. The Morgan fingerprint density at radius 3 is 2.38 bits per heavy atom. The minimum atomic E-state index is -0.643. The van der Waals surface area contributed by atoms with Gasteiger partial charge in [0.2, 0.25) is 0 Å². The van der Waals surface area contributed by atoms with Crippen LogP contribution in [0.25, 0.3) is 12.2 Å². The van der Waals surface area contributed by atoms with E-state index in [0.717, 1.165) is 0 Å². The summed E-state index contributed by atoms with van der Waals surface area (Å²) in [6.45, 7) is 0. The van der Waals surface area contributed by atoms with Crippen molar-refractivity contribution in [2.24, 2.45) is 0 Å². The van der Waals surface area contributed by atoms with Gasteiger partial charge in [0.1, 0.15) is 27.8 Å². The van der Waals surface area contributed by atoms with Crippen LogP contribution in [-0.4, -0.2) is 29.0 Å². The SMILES string of the molecule is COc1cc(/C=C2\C(=O)NC(=S)N(c3ccc(Oc4ccccc4)cc3)C2=O)ccc1O/C=C/c1ccc([N+](=O)[O-])o1. The first-order chi connectivity index (χ1) is 20.3. The average Bonchev–Trinajstić information content (AvgIpc) is 3.46. The van der Waals surface area contributed by atoms with Crippen molar-refractivity contribution in [3.8, 4) is 23.0 Å². The number of ether oxygens (including phenoxy) is 3. The molecule has 1 aliphatic heterocycles. The normalized spacial score (nSPS) is 14.3. The quantitative estimate of drug-likeness (QED) is 0.0641. The van der Waals surface area contributed by atoms with Gasteiger partial charge in [0.25, 0.3) is 11.8 Å². The number of benzene rings is 3. The van der Waals surface area contributed by atoms with E-state index in [1.54, 1.807) is 42.5 Å². The van der Waals surface area contributed by atoms with E-state index in [1.807, 2.05) is 30.3 Å². The summed E-state index contributed by atoms with van der Waals surface area (Å²) in [5, 5.41) is 13.3. The van der Waals surface area contributed by atoms with Crippen molar-refractivity contribution in [3.05, 3.63) is 118 Å². The van der Waals surface area contributed by atoms with E-state index in [4.69, 9.17) is 30.8 Å². The number of carbonyl (C=O) groups excluding carboxylic acids is 2. The molecule has 0 radical (unpaired) electrons. The van der Waals surface area contributed by atoms with E-state index in [2.05, 4.69) is 5.32 Å². The first-order valence-corrected chi connectivity index (χ1v) is 12.7. The highest BCUT2D eigenvalue weighted by Crippen LogP contribution is 2.31. The Morgan fingerprint density at radius 1 is 0.952 bits per heavy atom. The maximum absolute atomic E-state index is 13.4. The van der Waals surface area contributed by atoms with Gasteiger partial charge >= 0.3 is 5.88 Å². The predicted octanol–water partition coefficient (Wildman–Crippen LogP) is 5.87. The molecule has 4 aromatic rings. The highest BCUT2D eigenvalue weighted by molar-refractivity contribution is 7.80. The Morgan fingerprint density at radius 2 is 1.69 bits per heavy atom. The summed E-state index contributed by atoms with van der Waals surface area (Å²) >= 11 is 5.30. The standard InChI is InChI=1S/C30H21N3O8S/c1-38-26-18-19(7-13-25(26)39-16-15-23-12-14-27(41-23)33(36)37)17-24-28(34)31-30(42)32(29(24)35)20-8-10-22(11-9-20)40-21-5-3-2-4-6-21/h2-18H,1H3,(H,31,34,42)/b16-15+,24-17+. The summed E-state index contributed by atoms with van der Waals surface area (Å²) in [5.74, 6) is 0.453. The maximum atomic E-state index is 13.4. The van der Waals surface area contributed by atoms with Gasteiger partial charge in [0.05, 0.1) is 25.1 Å². The molecule has 1 aromatic heterocycles. The van der Waals surface area contributed by atoms with Gasteiger partial charge in [-0.25, -0.2) is 0 Å². The number of rotatable bonds is 9. The van der Waals surface area contributed by atoms with Crippen LogP contribution in [0.3, 0.4) is 0 Å². The molecule has 0 atom stereocenters. The van der Waals surface area contributed by atoms with Crippen LogP contribution in [0.15, 0.2) is 101 Å². The minimum Gasteiger partial charge on any atom is -0.493 e. The van der Waals surface area contributed by atoms with Crippen molar-refractivity contribution in [3.63, 3.8) is 0 Å². The fraction of sp³-hybridized carbons (Fsp3) is 0.0333. The van der Waals surface area contributed by atoms with Crippen molar-refractivity contribution < 1.29 is 33.1 Å². The van der Waals surface area contributed by atoms with Crippen LogP contribution in [0, 0.1) is 10.1 Å². The van der Waals surface area contributed by atoms with Crippen molar-refractivity contribution >= 4 is 52.9 Å². The molecular weight excluding hydrogens is 562 g/mol. The van der Waals surface area contributed by atoms with E-state index in [-0.39, 0.29) is 22.3 Å². The van der Waals surface area contributed by atoms with Crippen LogP contribution in [0.2, 0.25) is 0 Å². The number of amides is 2. The number of thiocarbonyl (C=S) groups is 1. The third kappa shape index (κ3) is 6.18. The zero-order valence-corrected chi connectivity index (χ0v) is 22.7. The molecule has 3 aromatic carbocycles. The Kier molecular flexibility index (Phi) is 8.07. The van der Waals surface area contributed by atoms with Gasteiger partial charge in [-0.05, 0) is 78.5 Å². The topological polar surface area (TPSA) is 133 Å². The predicted molar refractivity (Wildman–Crippen MR) is 157 cm³/mol. The molecule has 1 aliphatic rings. The summed E-state index contributed by atoms with van der Waals surface area (Å²) in [7, 11) is 1.43. The number of nitrogens with one attached hydrogen (secondary N) is 1. The van der Waals surface area contributed by atoms with Crippen LogP contribution >= 0.6 is 12.2 Å². The van der Waals surface area contributed by atoms with E-state index >= 15 is 0 Å². The minimum absolute atomic E-state index is 0.0473. The van der Waals surface area contributed by atoms with E-state index in [9.17, 15) is 19.7 Å². The largest absolute Gasteiger partial charge is 0.493 e. The lowest BCUT2D eigenvalue weighted by molar-refractivity contribution is -0.402. The number of hydrogen-bond acceptors (Lipinski definition) is 9. The second-order valence-corrected chi connectivity index (χ2v) is 9.02. The molecule has 11 nitrogen and oxygen atoms in total. The Labute approximate surface area is 244 Å². The van der Waals surface area contributed by atoms with Gasteiger partial charge in [0.15, 0.2) is 16.6 Å². The number of anilines is 1. The maximum Gasteiger partial charge on any atom is 0.433 e. The van der Waals surface area contributed by atoms with Crippen molar-refractivity contribution in [2.75, 3.05) is 12.0 Å². The number of hydrogen-bond donors (Lipinski definition) is 1. The Bertz CT molecular complexity index is 1730. The number of nitrogens with zero attached hydrogens (tertiary/aromatic N) is 2. The van der Waals surface area contributed by atoms with Gasteiger partial charge < -0.3 is 18.6 Å². The lowest BCUT2D eigenvalue weighted by Crippen LogP contribution is -2.54. The number of nitro groups is 1. The third-order valence-electron chi connectivity index (χ3n) is 5.89. The van der Waals surface area contributed by atoms with Crippen LogP contribution in [-0.2, 0) is 9.59 Å². The molecule has 1 N–H and O–H groups in total. The van der Waals surface area contributed by atoms with Gasteiger partial charge in [-0.2, -0.15) is 0 Å². The molecule has 1 saturated heterocycles. The molecule has 42 heavy (non-hydrogen) atoms. The Balaban J connectivity index is 1.33. The lowest BCUT2D eigenvalue weighted by Gasteiger charge is -2.29. The molecular formula is C30H21N3O8S. The Hall–Kier alpha value is -5.75.